The molecule has 0 saturated carbocycles. The van der Waals surface area contributed by atoms with Crippen LogP contribution in [-0.2, 0) is 32.7 Å². The van der Waals surface area contributed by atoms with E-state index in [4.69, 9.17) is 18.5 Å². The third-order valence-electron chi connectivity index (χ3n) is 8.68. The molecule has 0 amide bonds. The first-order valence-corrected chi connectivity index (χ1v) is 22.4. The number of rotatable bonds is 37. The monoisotopic (exact) mass is 784 g/mol. The van der Waals surface area contributed by atoms with Gasteiger partial charge in [0.15, 0.2) is 6.10 Å². The molecule has 0 fully saturated rings. The predicted octanol–water partition coefficient (Wildman–Crippen LogP) is 9.86. The molecule has 11 heteroatoms. The number of aliphatic hydroxyl groups excluding tert-OH is 1. The normalized spacial score (nSPS) is 14.7. The van der Waals surface area contributed by atoms with Gasteiger partial charge in [-0.1, -0.05) is 146 Å². The number of carbonyl (C=O) groups excluding carboxylic acids is 2. The van der Waals surface area contributed by atoms with Crippen molar-refractivity contribution in [3.63, 3.8) is 0 Å². The number of esters is 2. The van der Waals surface area contributed by atoms with E-state index in [0.29, 0.717) is 36.7 Å². The Morgan fingerprint density at radius 1 is 0.685 bits per heavy atom. The van der Waals surface area contributed by atoms with Crippen molar-refractivity contribution in [2.45, 2.75) is 167 Å². The lowest BCUT2D eigenvalue weighted by Crippen LogP contribution is -2.37. The molecule has 0 bridgehead atoms. The lowest BCUT2D eigenvalue weighted by molar-refractivity contribution is -0.870. The van der Waals surface area contributed by atoms with Crippen molar-refractivity contribution < 1.29 is 47.2 Å². The van der Waals surface area contributed by atoms with Crippen LogP contribution in [0.1, 0.15) is 155 Å². The summed E-state index contributed by atoms with van der Waals surface area (Å²) in [5, 5.41) is 10.0. The highest BCUT2D eigenvalue weighted by Crippen LogP contribution is 2.38. The maximum Gasteiger partial charge on any atom is 0.306 e. The van der Waals surface area contributed by atoms with Gasteiger partial charge in [0.1, 0.15) is 19.8 Å². The SMILES string of the molecule is CCCCC/C=C\C[C@H](O)/C=C/C=C\C/C=C\CCCC(=O)O[C@H](COC(=O)CCCCCCCCCCCCCC)COP(=O)([O-])OCC[N+](C)(C)C. The van der Waals surface area contributed by atoms with Gasteiger partial charge in [0.25, 0.3) is 7.82 Å². The van der Waals surface area contributed by atoms with Gasteiger partial charge in [-0.2, -0.15) is 0 Å². The minimum atomic E-state index is -4.65. The number of likely N-dealkylation sites (N-methyl/N-ethyl adjacent to an activating group) is 1. The van der Waals surface area contributed by atoms with Crippen LogP contribution in [-0.4, -0.2) is 81.2 Å². The van der Waals surface area contributed by atoms with Crippen LogP contribution in [0, 0.1) is 0 Å². The highest BCUT2D eigenvalue weighted by Gasteiger charge is 2.21. The highest BCUT2D eigenvalue weighted by molar-refractivity contribution is 7.45. The molecule has 0 aliphatic rings. The fraction of sp³-hybridized carbons (Fsp3) is 0.767. The number of allylic oxidation sites excluding steroid dienone is 6. The number of unbranched alkanes of at least 4 members (excludes halogenated alkanes) is 15. The first-order chi connectivity index (χ1) is 25.9. The van der Waals surface area contributed by atoms with E-state index in [9.17, 15) is 24.2 Å². The molecule has 54 heavy (non-hydrogen) atoms. The average Bonchev–Trinajstić information content (AvgIpc) is 3.11. The number of hydrogen-bond acceptors (Lipinski definition) is 9. The molecule has 0 heterocycles. The fourth-order valence-corrected chi connectivity index (χ4v) is 6.05. The van der Waals surface area contributed by atoms with Crippen LogP contribution >= 0.6 is 7.82 Å². The van der Waals surface area contributed by atoms with Crippen molar-refractivity contribution >= 4 is 19.8 Å². The van der Waals surface area contributed by atoms with Crippen molar-refractivity contribution in [3.8, 4) is 0 Å². The molecule has 0 aromatic carbocycles. The van der Waals surface area contributed by atoms with Gasteiger partial charge in [0, 0.05) is 12.8 Å². The quantitative estimate of drug-likeness (QED) is 0.0163. The molecule has 0 radical (unpaired) electrons. The molecule has 0 saturated heterocycles. The van der Waals surface area contributed by atoms with Gasteiger partial charge in [0.2, 0.25) is 0 Å². The smallest absolute Gasteiger partial charge is 0.306 e. The van der Waals surface area contributed by atoms with Crippen molar-refractivity contribution in [1.82, 2.24) is 0 Å². The van der Waals surface area contributed by atoms with Gasteiger partial charge in [0.05, 0.1) is 33.9 Å². The molecule has 3 atom stereocenters. The van der Waals surface area contributed by atoms with Crippen molar-refractivity contribution in [2.75, 3.05) is 47.5 Å². The number of carbonyl (C=O) groups is 2. The topological polar surface area (TPSA) is 131 Å². The van der Waals surface area contributed by atoms with Gasteiger partial charge in [-0.25, -0.2) is 0 Å². The molecular weight excluding hydrogens is 705 g/mol. The number of phosphoric ester groups is 1. The summed E-state index contributed by atoms with van der Waals surface area (Å²) in [7, 11) is 1.09. The van der Waals surface area contributed by atoms with Crippen LogP contribution in [0.4, 0.5) is 0 Å². The summed E-state index contributed by atoms with van der Waals surface area (Å²) in [6.07, 6.45) is 36.0. The highest BCUT2D eigenvalue weighted by atomic mass is 31.2. The summed E-state index contributed by atoms with van der Waals surface area (Å²) >= 11 is 0. The van der Waals surface area contributed by atoms with Crippen molar-refractivity contribution in [1.29, 1.82) is 0 Å². The predicted molar refractivity (Wildman–Crippen MR) is 219 cm³/mol. The Labute approximate surface area is 329 Å². The van der Waals surface area contributed by atoms with Crippen LogP contribution < -0.4 is 4.89 Å². The Morgan fingerprint density at radius 2 is 1.26 bits per heavy atom. The van der Waals surface area contributed by atoms with E-state index < -0.39 is 38.6 Å². The lowest BCUT2D eigenvalue weighted by atomic mass is 10.0. The van der Waals surface area contributed by atoms with Gasteiger partial charge < -0.3 is 33.0 Å². The van der Waals surface area contributed by atoms with Gasteiger partial charge in [-0.15, -0.1) is 0 Å². The minimum Gasteiger partial charge on any atom is -0.756 e. The zero-order valence-electron chi connectivity index (χ0n) is 34.8. The van der Waals surface area contributed by atoms with Crippen LogP contribution in [0.2, 0.25) is 0 Å². The van der Waals surface area contributed by atoms with E-state index >= 15 is 0 Å². The number of ether oxygens (including phenoxy) is 2. The third kappa shape index (κ3) is 38.2. The van der Waals surface area contributed by atoms with Crippen molar-refractivity contribution in [3.05, 3.63) is 48.6 Å². The average molecular weight is 784 g/mol. The summed E-state index contributed by atoms with van der Waals surface area (Å²) in [6, 6.07) is 0. The van der Waals surface area contributed by atoms with Crippen LogP contribution in [0.15, 0.2) is 48.6 Å². The second-order valence-electron chi connectivity index (χ2n) is 15.2. The maximum absolute atomic E-state index is 12.6. The lowest BCUT2D eigenvalue weighted by Gasteiger charge is -2.28. The standard InChI is InChI=1S/C43H78NO9P/c1-6-8-10-12-14-15-16-17-18-22-26-30-34-42(46)50-38-41(39-52-54(48,49)51-37-36-44(3,4)5)53-43(47)35-31-27-23-20-19-21-25-29-33-40(45)32-28-24-13-11-9-7-2/h20-21,23-25,28-29,33,40-41,45H,6-19,22,26-27,30-32,34-39H2,1-5H3/b23-20-,25-21-,28-24-,33-29+/t40-,41+/m0/s1. The molecule has 0 aliphatic heterocycles. The maximum atomic E-state index is 12.6. The molecule has 0 aliphatic carbocycles. The molecule has 1 N–H and O–H groups in total. The van der Waals surface area contributed by atoms with Gasteiger partial charge in [-0.05, 0) is 44.9 Å². The van der Waals surface area contributed by atoms with E-state index in [1.165, 1.54) is 77.0 Å². The Hall–Kier alpha value is -2.07. The summed E-state index contributed by atoms with van der Waals surface area (Å²) < 4.78 is 33.7. The molecule has 0 aromatic heterocycles. The summed E-state index contributed by atoms with van der Waals surface area (Å²) in [5.74, 6) is -0.941. The van der Waals surface area contributed by atoms with Crippen LogP contribution in [0.3, 0.4) is 0 Å². The van der Waals surface area contributed by atoms with E-state index in [0.717, 1.165) is 25.7 Å². The zero-order chi connectivity index (χ0) is 40.2. The summed E-state index contributed by atoms with van der Waals surface area (Å²) in [5.41, 5.74) is 0. The Morgan fingerprint density at radius 3 is 1.91 bits per heavy atom. The summed E-state index contributed by atoms with van der Waals surface area (Å²) in [4.78, 5) is 37.4. The first-order valence-electron chi connectivity index (χ1n) is 21.0. The first kappa shape index (κ1) is 51.9. The zero-order valence-corrected chi connectivity index (χ0v) is 35.7. The molecule has 0 aromatic rings. The van der Waals surface area contributed by atoms with Gasteiger partial charge in [-0.3, -0.25) is 14.2 Å². The van der Waals surface area contributed by atoms with Crippen molar-refractivity contribution in [2.24, 2.45) is 0 Å². The molecule has 1 unspecified atom stereocenters. The van der Waals surface area contributed by atoms with E-state index in [1.54, 1.807) is 6.08 Å². The van der Waals surface area contributed by atoms with E-state index in [-0.39, 0.29) is 26.1 Å². The second kappa shape index (κ2) is 35.4. The van der Waals surface area contributed by atoms with E-state index in [2.05, 4.69) is 19.9 Å². The third-order valence-corrected chi connectivity index (χ3v) is 9.65. The largest absolute Gasteiger partial charge is 0.756 e. The number of quaternary nitrogens is 1. The molecule has 0 rings (SSSR count). The van der Waals surface area contributed by atoms with Crippen LogP contribution in [0.5, 0.6) is 0 Å². The second-order valence-corrected chi connectivity index (χ2v) is 16.6. The molecular formula is C43H78NO9P. The Bertz CT molecular complexity index is 1080. The fourth-order valence-electron chi connectivity index (χ4n) is 5.32. The van der Waals surface area contributed by atoms with Crippen LogP contribution in [0.25, 0.3) is 0 Å². The Kier molecular flexibility index (Phi) is 34.0. The number of aliphatic hydroxyl groups is 1. The minimum absolute atomic E-state index is 0.0526. The number of hydrogen-bond donors (Lipinski definition) is 1. The molecule has 314 valence electrons. The van der Waals surface area contributed by atoms with Gasteiger partial charge >= 0.3 is 11.9 Å². The Balaban J connectivity index is 4.57. The number of phosphoric acid groups is 1. The molecule has 10 nitrogen and oxygen atoms in total. The number of nitrogens with zero attached hydrogens (tertiary/aromatic N) is 1. The summed E-state index contributed by atoms with van der Waals surface area (Å²) in [6.45, 7) is 4.02. The molecule has 0 spiro atoms. The van der Waals surface area contributed by atoms with E-state index in [1.807, 2.05) is 57.6 Å².